The molecule has 6 heteroatoms. The second-order valence-electron chi connectivity index (χ2n) is 4.07. The Kier molecular flexibility index (Phi) is 5.27. The van der Waals surface area contributed by atoms with E-state index >= 15 is 0 Å². The molecule has 1 aromatic rings. The Balaban J connectivity index is 2.82. The lowest BCUT2D eigenvalue weighted by Gasteiger charge is -2.20. The molecule has 1 rings (SSSR count). The normalized spacial score (nSPS) is 13.7. The number of hydrogen-bond acceptors (Lipinski definition) is 3. The molecule has 0 saturated heterocycles. The molecule has 0 spiro atoms. The SMILES string of the molecule is CCC(C)[C@H](NC(=O)c1cncc(Br)c1)C(=O)O. The van der Waals surface area contributed by atoms with Gasteiger partial charge in [0.15, 0.2) is 0 Å². The largest absolute Gasteiger partial charge is 0.480 e. The Hall–Kier alpha value is -1.43. The number of aromatic nitrogens is 1. The van der Waals surface area contributed by atoms with Crippen molar-refractivity contribution in [3.8, 4) is 0 Å². The van der Waals surface area contributed by atoms with Crippen molar-refractivity contribution in [3.05, 3.63) is 28.5 Å². The van der Waals surface area contributed by atoms with Crippen molar-refractivity contribution in [1.82, 2.24) is 10.3 Å². The van der Waals surface area contributed by atoms with Gasteiger partial charge < -0.3 is 10.4 Å². The number of halogens is 1. The third-order valence-corrected chi connectivity index (χ3v) is 3.17. The predicted octanol–water partition coefficient (Wildman–Crippen LogP) is 2.07. The predicted molar refractivity (Wildman–Crippen MR) is 70.3 cm³/mol. The van der Waals surface area contributed by atoms with Crippen LogP contribution in [0.15, 0.2) is 22.9 Å². The van der Waals surface area contributed by atoms with Crippen molar-refractivity contribution < 1.29 is 14.7 Å². The molecule has 0 saturated carbocycles. The second kappa shape index (κ2) is 6.49. The van der Waals surface area contributed by atoms with Gasteiger partial charge in [0.1, 0.15) is 6.04 Å². The van der Waals surface area contributed by atoms with Crippen LogP contribution in [-0.2, 0) is 4.79 Å². The molecular weight excluding hydrogens is 300 g/mol. The van der Waals surface area contributed by atoms with Crippen LogP contribution >= 0.6 is 15.9 Å². The minimum absolute atomic E-state index is 0.133. The van der Waals surface area contributed by atoms with E-state index < -0.39 is 17.9 Å². The maximum Gasteiger partial charge on any atom is 0.326 e. The van der Waals surface area contributed by atoms with E-state index in [1.807, 2.05) is 6.92 Å². The lowest BCUT2D eigenvalue weighted by molar-refractivity contribution is -0.140. The maximum atomic E-state index is 11.9. The number of carbonyl (C=O) groups excluding carboxylic acids is 1. The standard InChI is InChI=1S/C12H15BrN2O3/c1-3-7(2)10(12(17)18)15-11(16)8-4-9(13)6-14-5-8/h4-7,10H,3H2,1-2H3,(H,15,16)(H,17,18)/t7?,10-/m0/s1. The highest BCUT2D eigenvalue weighted by Gasteiger charge is 2.25. The smallest absolute Gasteiger partial charge is 0.326 e. The number of nitrogens with one attached hydrogen (secondary N) is 1. The molecule has 0 aliphatic rings. The van der Waals surface area contributed by atoms with Gasteiger partial charge in [-0.3, -0.25) is 9.78 Å². The van der Waals surface area contributed by atoms with E-state index in [0.29, 0.717) is 16.5 Å². The molecule has 5 nitrogen and oxygen atoms in total. The Labute approximate surface area is 114 Å². The third-order valence-electron chi connectivity index (χ3n) is 2.73. The fourth-order valence-electron chi connectivity index (χ4n) is 1.44. The fourth-order valence-corrected chi connectivity index (χ4v) is 1.81. The van der Waals surface area contributed by atoms with Gasteiger partial charge in [-0.2, -0.15) is 0 Å². The fraction of sp³-hybridized carbons (Fsp3) is 0.417. The number of pyridine rings is 1. The quantitative estimate of drug-likeness (QED) is 0.872. The molecule has 1 amide bonds. The van der Waals surface area contributed by atoms with Gasteiger partial charge in [0, 0.05) is 16.9 Å². The molecule has 0 aliphatic heterocycles. The van der Waals surface area contributed by atoms with E-state index in [1.54, 1.807) is 19.2 Å². The van der Waals surface area contributed by atoms with Gasteiger partial charge >= 0.3 is 5.97 Å². The van der Waals surface area contributed by atoms with Crippen molar-refractivity contribution in [2.75, 3.05) is 0 Å². The number of nitrogens with zero attached hydrogens (tertiary/aromatic N) is 1. The van der Waals surface area contributed by atoms with Crippen LogP contribution in [0, 0.1) is 5.92 Å². The first-order chi connectivity index (χ1) is 8.45. The number of amides is 1. The summed E-state index contributed by atoms with van der Waals surface area (Å²) in [6.45, 7) is 3.67. The molecule has 2 atom stereocenters. The van der Waals surface area contributed by atoms with Gasteiger partial charge in [0.05, 0.1) is 5.56 Å². The van der Waals surface area contributed by atoms with Crippen molar-refractivity contribution in [3.63, 3.8) is 0 Å². The van der Waals surface area contributed by atoms with Crippen LogP contribution in [0.25, 0.3) is 0 Å². The van der Waals surface area contributed by atoms with Crippen LogP contribution in [0.3, 0.4) is 0 Å². The van der Waals surface area contributed by atoms with Crippen molar-refractivity contribution in [2.24, 2.45) is 5.92 Å². The van der Waals surface area contributed by atoms with Crippen LogP contribution in [-0.4, -0.2) is 28.0 Å². The Bertz CT molecular complexity index is 451. The summed E-state index contributed by atoms with van der Waals surface area (Å²) in [6, 6.07) is 0.708. The number of carboxylic acids is 1. The summed E-state index contributed by atoms with van der Waals surface area (Å²) in [5.41, 5.74) is 0.332. The lowest BCUT2D eigenvalue weighted by atomic mass is 9.99. The number of aliphatic carboxylic acids is 1. The third kappa shape index (κ3) is 3.80. The van der Waals surface area contributed by atoms with E-state index in [0.717, 1.165) is 0 Å². The first-order valence-corrected chi connectivity index (χ1v) is 6.39. The lowest BCUT2D eigenvalue weighted by Crippen LogP contribution is -2.45. The van der Waals surface area contributed by atoms with Crippen molar-refractivity contribution in [1.29, 1.82) is 0 Å². The van der Waals surface area contributed by atoms with Crippen LogP contribution in [0.1, 0.15) is 30.6 Å². The summed E-state index contributed by atoms with van der Waals surface area (Å²) in [6.07, 6.45) is 3.63. The summed E-state index contributed by atoms with van der Waals surface area (Å²) in [7, 11) is 0. The van der Waals surface area contributed by atoms with Crippen LogP contribution in [0.4, 0.5) is 0 Å². The molecule has 0 aliphatic carbocycles. The Morgan fingerprint density at radius 1 is 1.50 bits per heavy atom. The highest BCUT2D eigenvalue weighted by atomic mass is 79.9. The first-order valence-electron chi connectivity index (χ1n) is 5.60. The average molecular weight is 315 g/mol. The molecule has 0 radical (unpaired) electrons. The summed E-state index contributed by atoms with van der Waals surface area (Å²) in [5, 5.41) is 11.6. The topological polar surface area (TPSA) is 79.3 Å². The van der Waals surface area contributed by atoms with Gasteiger partial charge in [-0.15, -0.1) is 0 Å². The summed E-state index contributed by atoms with van der Waals surface area (Å²) < 4.78 is 0.672. The van der Waals surface area contributed by atoms with E-state index in [1.165, 1.54) is 6.20 Å². The van der Waals surface area contributed by atoms with Gasteiger partial charge in [-0.05, 0) is 27.9 Å². The zero-order chi connectivity index (χ0) is 13.7. The van der Waals surface area contributed by atoms with Crippen LogP contribution in [0.5, 0.6) is 0 Å². The molecule has 1 heterocycles. The molecule has 0 bridgehead atoms. The minimum atomic E-state index is -1.03. The molecule has 0 aromatic carbocycles. The molecular formula is C12H15BrN2O3. The number of carboxylic acid groups (broad SMARTS) is 1. The first kappa shape index (κ1) is 14.6. The zero-order valence-corrected chi connectivity index (χ0v) is 11.8. The van der Waals surface area contributed by atoms with Gasteiger partial charge in [0.2, 0.25) is 0 Å². The molecule has 1 unspecified atom stereocenters. The summed E-state index contributed by atoms with van der Waals surface area (Å²) >= 11 is 3.21. The van der Waals surface area contributed by atoms with Crippen LogP contribution in [0.2, 0.25) is 0 Å². The molecule has 18 heavy (non-hydrogen) atoms. The number of rotatable bonds is 5. The van der Waals surface area contributed by atoms with Crippen molar-refractivity contribution in [2.45, 2.75) is 26.3 Å². The van der Waals surface area contributed by atoms with Crippen molar-refractivity contribution >= 4 is 27.8 Å². The molecule has 98 valence electrons. The maximum absolute atomic E-state index is 11.9. The van der Waals surface area contributed by atoms with E-state index in [-0.39, 0.29) is 5.92 Å². The monoisotopic (exact) mass is 314 g/mol. The van der Waals surface area contributed by atoms with Gasteiger partial charge in [-0.1, -0.05) is 20.3 Å². The molecule has 0 fully saturated rings. The Morgan fingerprint density at radius 3 is 2.67 bits per heavy atom. The highest BCUT2D eigenvalue weighted by Crippen LogP contribution is 2.12. The molecule has 2 N–H and O–H groups in total. The van der Waals surface area contributed by atoms with Gasteiger partial charge in [-0.25, -0.2) is 4.79 Å². The van der Waals surface area contributed by atoms with E-state index in [2.05, 4.69) is 26.2 Å². The van der Waals surface area contributed by atoms with Crippen LogP contribution < -0.4 is 5.32 Å². The second-order valence-corrected chi connectivity index (χ2v) is 4.98. The average Bonchev–Trinajstić information content (AvgIpc) is 2.34. The minimum Gasteiger partial charge on any atom is -0.480 e. The summed E-state index contributed by atoms with van der Waals surface area (Å²) in [4.78, 5) is 26.9. The Morgan fingerprint density at radius 2 is 2.17 bits per heavy atom. The number of hydrogen-bond donors (Lipinski definition) is 2. The van der Waals surface area contributed by atoms with E-state index in [4.69, 9.17) is 5.11 Å². The summed E-state index contributed by atoms with van der Waals surface area (Å²) in [5.74, 6) is -1.59. The van der Waals surface area contributed by atoms with E-state index in [9.17, 15) is 9.59 Å². The van der Waals surface area contributed by atoms with Gasteiger partial charge in [0.25, 0.3) is 5.91 Å². The highest BCUT2D eigenvalue weighted by molar-refractivity contribution is 9.10. The molecule has 1 aromatic heterocycles. The zero-order valence-electron chi connectivity index (χ0n) is 10.2. The number of carbonyl (C=O) groups is 2.